The van der Waals surface area contributed by atoms with Crippen LogP contribution in [0.15, 0.2) is 18.2 Å². The largest absolute Gasteiger partial charge is 0.481 e. The normalized spacial score (nSPS) is 13.4. The van der Waals surface area contributed by atoms with Crippen LogP contribution < -0.4 is 5.32 Å². The zero-order chi connectivity index (χ0) is 13.9. The van der Waals surface area contributed by atoms with Gasteiger partial charge in [0.1, 0.15) is 5.82 Å². The third-order valence-corrected chi connectivity index (χ3v) is 3.13. The molecule has 0 aliphatic rings. The van der Waals surface area contributed by atoms with Gasteiger partial charge >= 0.3 is 5.97 Å². The van der Waals surface area contributed by atoms with Gasteiger partial charge in [-0.1, -0.05) is 12.1 Å². The molecule has 100 valence electrons. The minimum Gasteiger partial charge on any atom is -0.481 e. The SMILES string of the molecule is Cc1ccc(C(C)NCC(C)(C)C(=O)O)cc1F. The molecule has 0 aliphatic heterocycles. The molecule has 0 bridgehead atoms. The summed E-state index contributed by atoms with van der Waals surface area (Å²) < 4.78 is 13.4. The fourth-order valence-corrected chi connectivity index (χ4v) is 1.48. The van der Waals surface area contributed by atoms with E-state index in [1.807, 2.05) is 13.0 Å². The molecule has 3 nitrogen and oxygen atoms in total. The Hall–Kier alpha value is -1.42. The van der Waals surface area contributed by atoms with Crippen molar-refractivity contribution < 1.29 is 14.3 Å². The molecule has 4 heteroatoms. The van der Waals surface area contributed by atoms with E-state index in [2.05, 4.69) is 5.32 Å². The van der Waals surface area contributed by atoms with Crippen LogP contribution in [0.1, 0.15) is 37.9 Å². The molecule has 18 heavy (non-hydrogen) atoms. The highest BCUT2D eigenvalue weighted by molar-refractivity contribution is 5.73. The maximum Gasteiger partial charge on any atom is 0.310 e. The van der Waals surface area contributed by atoms with Crippen LogP contribution in [0.2, 0.25) is 0 Å². The highest BCUT2D eigenvalue weighted by atomic mass is 19.1. The topological polar surface area (TPSA) is 49.3 Å². The molecule has 1 aromatic rings. The van der Waals surface area contributed by atoms with Crippen molar-refractivity contribution in [1.82, 2.24) is 5.32 Å². The standard InChI is InChI=1S/C14H20FNO2/c1-9-5-6-11(7-12(9)15)10(2)16-8-14(3,4)13(17)18/h5-7,10,16H,8H2,1-4H3,(H,17,18). The molecule has 1 atom stereocenters. The molecule has 0 aromatic heterocycles. The quantitative estimate of drug-likeness (QED) is 0.848. The molecule has 0 radical (unpaired) electrons. The maximum absolute atomic E-state index is 13.4. The van der Waals surface area contributed by atoms with Gasteiger partial charge in [-0.3, -0.25) is 4.79 Å². The number of aliphatic carboxylic acids is 1. The Balaban J connectivity index is 2.68. The van der Waals surface area contributed by atoms with Gasteiger partial charge in [-0.2, -0.15) is 0 Å². The van der Waals surface area contributed by atoms with Crippen LogP contribution in [0.4, 0.5) is 4.39 Å². The number of carboxylic acid groups (broad SMARTS) is 1. The van der Waals surface area contributed by atoms with Gasteiger partial charge in [-0.05, 0) is 44.9 Å². The van der Waals surface area contributed by atoms with E-state index < -0.39 is 11.4 Å². The first kappa shape index (κ1) is 14.6. The van der Waals surface area contributed by atoms with Crippen LogP contribution >= 0.6 is 0 Å². The number of carbonyl (C=O) groups is 1. The molecule has 1 rings (SSSR count). The summed E-state index contributed by atoms with van der Waals surface area (Å²) in [6, 6.07) is 4.98. The average Bonchev–Trinajstić information content (AvgIpc) is 2.29. The molecule has 1 aromatic carbocycles. The Morgan fingerprint density at radius 1 is 1.50 bits per heavy atom. The van der Waals surface area contributed by atoms with Gasteiger partial charge < -0.3 is 10.4 Å². The molecule has 0 saturated carbocycles. The summed E-state index contributed by atoms with van der Waals surface area (Å²) in [6.45, 7) is 7.25. The molecule has 0 fully saturated rings. The van der Waals surface area contributed by atoms with E-state index in [9.17, 15) is 9.18 Å². The first-order valence-corrected chi connectivity index (χ1v) is 5.97. The number of benzene rings is 1. The minimum atomic E-state index is -0.850. The molecule has 2 N–H and O–H groups in total. The van der Waals surface area contributed by atoms with Gasteiger partial charge in [-0.25, -0.2) is 4.39 Å². The zero-order valence-electron chi connectivity index (χ0n) is 11.2. The van der Waals surface area contributed by atoms with Gasteiger partial charge in [0.25, 0.3) is 0 Å². The van der Waals surface area contributed by atoms with Gasteiger partial charge in [0.2, 0.25) is 0 Å². The predicted octanol–water partition coefficient (Wildman–Crippen LogP) is 2.90. The lowest BCUT2D eigenvalue weighted by atomic mass is 9.93. The molecule has 0 heterocycles. The van der Waals surface area contributed by atoms with Crippen molar-refractivity contribution in [2.45, 2.75) is 33.7 Å². The summed E-state index contributed by atoms with van der Waals surface area (Å²) >= 11 is 0. The van der Waals surface area contributed by atoms with Crippen molar-refractivity contribution in [3.63, 3.8) is 0 Å². The van der Waals surface area contributed by atoms with E-state index in [0.717, 1.165) is 5.56 Å². The molecular weight excluding hydrogens is 233 g/mol. The summed E-state index contributed by atoms with van der Waals surface area (Å²) in [5.74, 6) is -1.09. The van der Waals surface area contributed by atoms with Gasteiger partial charge in [0.05, 0.1) is 5.41 Å². The summed E-state index contributed by atoms with van der Waals surface area (Å²) in [5, 5.41) is 12.1. The highest BCUT2D eigenvalue weighted by Gasteiger charge is 2.27. The van der Waals surface area contributed by atoms with E-state index >= 15 is 0 Å². The van der Waals surface area contributed by atoms with Crippen LogP contribution in [0.3, 0.4) is 0 Å². The van der Waals surface area contributed by atoms with E-state index in [-0.39, 0.29) is 11.9 Å². The minimum absolute atomic E-state index is 0.0845. The number of halogens is 1. The van der Waals surface area contributed by atoms with E-state index in [1.165, 1.54) is 6.07 Å². The molecular formula is C14H20FNO2. The predicted molar refractivity (Wildman–Crippen MR) is 69.0 cm³/mol. The Morgan fingerprint density at radius 2 is 2.11 bits per heavy atom. The van der Waals surface area contributed by atoms with Crippen molar-refractivity contribution in [3.8, 4) is 0 Å². The third-order valence-electron chi connectivity index (χ3n) is 3.13. The van der Waals surface area contributed by atoms with Crippen LogP contribution in [0.25, 0.3) is 0 Å². The summed E-state index contributed by atoms with van der Waals surface area (Å²) in [7, 11) is 0. The number of nitrogens with one attached hydrogen (secondary N) is 1. The second-order valence-corrected chi connectivity index (χ2v) is 5.30. The first-order valence-electron chi connectivity index (χ1n) is 5.97. The Labute approximate surface area is 107 Å². The number of aryl methyl sites for hydroxylation is 1. The number of carboxylic acids is 1. The Morgan fingerprint density at radius 3 is 2.61 bits per heavy atom. The first-order chi connectivity index (χ1) is 8.24. The smallest absolute Gasteiger partial charge is 0.310 e. The summed E-state index contributed by atoms with van der Waals surface area (Å²) in [4.78, 5) is 11.0. The fourth-order valence-electron chi connectivity index (χ4n) is 1.48. The van der Waals surface area contributed by atoms with Gasteiger partial charge in [-0.15, -0.1) is 0 Å². The molecule has 0 spiro atoms. The molecule has 0 aliphatic carbocycles. The monoisotopic (exact) mass is 253 g/mol. The van der Waals surface area contributed by atoms with Crippen molar-refractivity contribution in [3.05, 3.63) is 35.1 Å². The van der Waals surface area contributed by atoms with Crippen LogP contribution in [-0.4, -0.2) is 17.6 Å². The molecule has 0 amide bonds. The third kappa shape index (κ3) is 3.53. The zero-order valence-corrected chi connectivity index (χ0v) is 11.2. The summed E-state index contributed by atoms with van der Waals surface area (Å²) in [6.07, 6.45) is 0. The second-order valence-electron chi connectivity index (χ2n) is 5.30. The van der Waals surface area contributed by atoms with Crippen molar-refractivity contribution in [1.29, 1.82) is 0 Å². The number of rotatable bonds is 5. The molecule has 0 saturated heterocycles. The summed E-state index contributed by atoms with van der Waals surface area (Å²) in [5.41, 5.74) is 0.591. The second kappa shape index (κ2) is 5.48. The number of hydrogen-bond acceptors (Lipinski definition) is 2. The fraction of sp³-hybridized carbons (Fsp3) is 0.500. The van der Waals surface area contributed by atoms with E-state index in [0.29, 0.717) is 12.1 Å². The Bertz CT molecular complexity index is 443. The molecule has 1 unspecified atom stereocenters. The van der Waals surface area contributed by atoms with Crippen molar-refractivity contribution in [2.24, 2.45) is 5.41 Å². The van der Waals surface area contributed by atoms with Crippen molar-refractivity contribution >= 4 is 5.97 Å². The Kier molecular flexibility index (Phi) is 4.46. The lowest BCUT2D eigenvalue weighted by molar-refractivity contribution is -0.146. The van der Waals surface area contributed by atoms with Crippen LogP contribution in [0, 0.1) is 18.2 Å². The van der Waals surface area contributed by atoms with Crippen molar-refractivity contribution in [2.75, 3.05) is 6.54 Å². The van der Waals surface area contributed by atoms with Crippen LogP contribution in [-0.2, 0) is 4.79 Å². The lowest BCUT2D eigenvalue weighted by Gasteiger charge is -2.23. The van der Waals surface area contributed by atoms with E-state index in [1.54, 1.807) is 26.8 Å². The van der Waals surface area contributed by atoms with Gasteiger partial charge in [0.15, 0.2) is 0 Å². The highest BCUT2D eigenvalue weighted by Crippen LogP contribution is 2.19. The van der Waals surface area contributed by atoms with E-state index in [4.69, 9.17) is 5.11 Å². The lowest BCUT2D eigenvalue weighted by Crippen LogP contribution is -2.37. The van der Waals surface area contributed by atoms with Gasteiger partial charge in [0, 0.05) is 12.6 Å². The maximum atomic E-state index is 13.4. The van der Waals surface area contributed by atoms with Crippen LogP contribution in [0.5, 0.6) is 0 Å². The number of hydrogen-bond donors (Lipinski definition) is 2. The average molecular weight is 253 g/mol.